The Morgan fingerprint density at radius 1 is 1.00 bits per heavy atom. The van der Waals surface area contributed by atoms with Crippen molar-refractivity contribution >= 4 is 0 Å². The molecule has 82 valence electrons. The quantitative estimate of drug-likeness (QED) is 0.568. The van der Waals surface area contributed by atoms with E-state index in [1.54, 1.807) is 5.57 Å². The van der Waals surface area contributed by atoms with Gasteiger partial charge in [0.05, 0.1) is 0 Å². The lowest BCUT2D eigenvalue weighted by atomic mass is 9.77. The summed E-state index contributed by atoms with van der Waals surface area (Å²) in [5, 5.41) is 0. The van der Waals surface area contributed by atoms with Crippen molar-refractivity contribution in [1.82, 2.24) is 4.90 Å². The van der Waals surface area contributed by atoms with E-state index in [0.717, 1.165) is 0 Å². The monoisotopic (exact) mass is 195 g/mol. The van der Waals surface area contributed by atoms with Crippen molar-refractivity contribution in [2.24, 2.45) is 5.41 Å². The van der Waals surface area contributed by atoms with Crippen LogP contribution in [0.3, 0.4) is 0 Å². The van der Waals surface area contributed by atoms with Crippen LogP contribution >= 0.6 is 0 Å². The molecular weight excluding hydrogens is 170 g/mol. The van der Waals surface area contributed by atoms with Crippen LogP contribution in [0, 0.1) is 5.41 Å². The Morgan fingerprint density at radius 3 is 1.64 bits per heavy atom. The highest BCUT2D eigenvalue weighted by Gasteiger charge is 2.42. The van der Waals surface area contributed by atoms with E-state index in [1.165, 1.54) is 5.70 Å². The van der Waals surface area contributed by atoms with Gasteiger partial charge < -0.3 is 4.90 Å². The van der Waals surface area contributed by atoms with Gasteiger partial charge >= 0.3 is 0 Å². The predicted molar refractivity (Wildman–Crippen MR) is 63.2 cm³/mol. The molecule has 1 atom stereocenters. The van der Waals surface area contributed by atoms with E-state index < -0.39 is 0 Å². The summed E-state index contributed by atoms with van der Waals surface area (Å²) in [5.41, 5.74) is 3.63. The standard InChI is InChI=1S/C13H25N/c1-9-10(2)14(13(6,7)8)11(9)12(3,4)5/h10H,1-8H3. The second-order valence-electron chi connectivity index (χ2n) is 6.50. The molecule has 1 rings (SSSR count). The van der Waals surface area contributed by atoms with Crippen LogP contribution < -0.4 is 0 Å². The fourth-order valence-corrected chi connectivity index (χ4v) is 2.58. The Kier molecular flexibility index (Phi) is 2.50. The predicted octanol–water partition coefficient (Wildman–Crippen LogP) is 3.81. The molecule has 1 nitrogen and oxygen atoms in total. The smallest absolute Gasteiger partial charge is 0.0493 e. The lowest BCUT2D eigenvalue weighted by molar-refractivity contribution is 0.0773. The van der Waals surface area contributed by atoms with Crippen molar-refractivity contribution in [3.05, 3.63) is 11.3 Å². The van der Waals surface area contributed by atoms with Gasteiger partial charge in [0, 0.05) is 22.7 Å². The van der Waals surface area contributed by atoms with Gasteiger partial charge in [0.1, 0.15) is 0 Å². The fraction of sp³-hybridized carbons (Fsp3) is 0.846. The normalized spacial score (nSPS) is 24.0. The molecule has 1 aliphatic rings. The topological polar surface area (TPSA) is 3.24 Å². The molecule has 0 fully saturated rings. The molecule has 0 saturated heterocycles. The number of hydrogen-bond acceptors (Lipinski definition) is 1. The summed E-state index contributed by atoms with van der Waals surface area (Å²) in [6.07, 6.45) is 0. The van der Waals surface area contributed by atoms with Crippen LogP contribution in [0.1, 0.15) is 55.4 Å². The van der Waals surface area contributed by atoms with Gasteiger partial charge in [-0.2, -0.15) is 0 Å². The first kappa shape index (κ1) is 11.6. The summed E-state index contributed by atoms with van der Waals surface area (Å²) < 4.78 is 0. The van der Waals surface area contributed by atoms with Crippen molar-refractivity contribution in [2.45, 2.75) is 67.0 Å². The van der Waals surface area contributed by atoms with Gasteiger partial charge in [-0.3, -0.25) is 0 Å². The first-order chi connectivity index (χ1) is 6.07. The average molecular weight is 195 g/mol. The van der Waals surface area contributed by atoms with Crippen LogP contribution in [0.2, 0.25) is 0 Å². The minimum Gasteiger partial charge on any atom is -0.363 e. The van der Waals surface area contributed by atoms with Gasteiger partial charge in [-0.15, -0.1) is 0 Å². The molecule has 1 unspecified atom stereocenters. The molecule has 0 aromatic rings. The Labute approximate surface area is 89.2 Å². The summed E-state index contributed by atoms with van der Waals surface area (Å²) >= 11 is 0. The third-order valence-corrected chi connectivity index (χ3v) is 3.06. The van der Waals surface area contributed by atoms with Crippen molar-refractivity contribution < 1.29 is 0 Å². The number of allylic oxidation sites excluding steroid dienone is 1. The van der Waals surface area contributed by atoms with Crippen LogP contribution in [-0.4, -0.2) is 16.5 Å². The van der Waals surface area contributed by atoms with Gasteiger partial charge in [0.25, 0.3) is 0 Å². The molecule has 0 N–H and O–H groups in total. The molecule has 0 bridgehead atoms. The molecule has 0 saturated carbocycles. The van der Waals surface area contributed by atoms with Gasteiger partial charge in [0.2, 0.25) is 0 Å². The second kappa shape index (κ2) is 3.01. The SMILES string of the molecule is CC1=C(C(C)(C)C)N(C(C)(C)C)C1C. The van der Waals surface area contributed by atoms with E-state index in [0.29, 0.717) is 6.04 Å². The maximum Gasteiger partial charge on any atom is 0.0493 e. The van der Waals surface area contributed by atoms with E-state index in [9.17, 15) is 0 Å². The zero-order valence-electron chi connectivity index (χ0n) is 11.0. The summed E-state index contributed by atoms with van der Waals surface area (Å²) in [5.74, 6) is 0. The zero-order valence-corrected chi connectivity index (χ0v) is 11.0. The van der Waals surface area contributed by atoms with Crippen LogP contribution in [0.5, 0.6) is 0 Å². The van der Waals surface area contributed by atoms with Crippen LogP contribution in [0.25, 0.3) is 0 Å². The van der Waals surface area contributed by atoms with Crippen LogP contribution in [0.4, 0.5) is 0 Å². The zero-order chi connectivity index (χ0) is 11.3. The highest BCUT2D eigenvalue weighted by Crippen LogP contribution is 2.45. The molecule has 0 radical (unpaired) electrons. The molecule has 14 heavy (non-hydrogen) atoms. The molecular formula is C13H25N. The van der Waals surface area contributed by atoms with E-state index in [4.69, 9.17) is 0 Å². The van der Waals surface area contributed by atoms with Crippen molar-refractivity contribution in [1.29, 1.82) is 0 Å². The first-order valence-corrected chi connectivity index (χ1v) is 5.57. The second-order valence-corrected chi connectivity index (χ2v) is 6.50. The van der Waals surface area contributed by atoms with E-state index in [1.807, 2.05) is 0 Å². The maximum absolute atomic E-state index is 2.56. The van der Waals surface area contributed by atoms with E-state index in [-0.39, 0.29) is 11.0 Å². The summed E-state index contributed by atoms with van der Waals surface area (Å²) in [6, 6.07) is 0.615. The van der Waals surface area contributed by atoms with Crippen molar-refractivity contribution in [3.63, 3.8) is 0 Å². The van der Waals surface area contributed by atoms with Crippen molar-refractivity contribution in [3.8, 4) is 0 Å². The number of hydrogen-bond donors (Lipinski definition) is 0. The third-order valence-electron chi connectivity index (χ3n) is 3.06. The van der Waals surface area contributed by atoms with Gasteiger partial charge in [-0.05, 0) is 40.2 Å². The Morgan fingerprint density at radius 2 is 1.43 bits per heavy atom. The van der Waals surface area contributed by atoms with Crippen LogP contribution in [0.15, 0.2) is 11.3 Å². The molecule has 0 amide bonds. The molecule has 0 aliphatic carbocycles. The lowest BCUT2D eigenvalue weighted by Crippen LogP contribution is -2.56. The largest absolute Gasteiger partial charge is 0.363 e. The average Bonchev–Trinajstić information content (AvgIpc) is 1.93. The lowest BCUT2D eigenvalue weighted by Gasteiger charge is -2.56. The minimum absolute atomic E-state index is 0.252. The van der Waals surface area contributed by atoms with Gasteiger partial charge in [-0.25, -0.2) is 0 Å². The summed E-state index contributed by atoms with van der Waals surface area (Å²) in [6.45, 7) is 18.4. The molecule has 1 heteroatoms. The first-order valence-electron chi connectivity index (χ1n) is 5.57. The molecule has 0 aromatic carbocycles. The highest BCUT2D eigenvalue weighted by atomic mass is 15.3. The summed E-state index contributed by atoms with van der Waals surface area (Å²) in [7, 11) is 0. The fourth-order valence-electron chi connectivity index (χ4n) is 2.58. The Bertz CT molecular complexity index is 260. The number of nitrogens with zero attached hydrogens (tertiary/aromatic N) is 1. The molecule has 0 aromatic heterocycles. The molecule has 0 spiro atoms. The Hall–Kier alpha value is -0.460. The van der Waals surface area contributed by atoms with Crippen molar-refractivity contribution in [2.75, 3.05) is 0 Å². The minimum atomic E-state index is 0.252. The van der Waals surface area contributed by atoms with Gasteiger partial charge in [-0.1, -0.05) is 20.8 Å². The van der Waals surface area contributed by atoms with E-state index >= 15 is 0 Å². The molecule has 1 aliphatic heterocycles. The third kappa shape index (κ3) is 1.69. The molecule has 1 heterocycles. The maximum atomic E-state index is 2.56. The van der Waals surface area contributed by atoms with Gasteiger partial charge in [0.15, 0.2) is 0 Å². The number of rotatable bonds is 0. The highest BCUT2D eigenvalue weighted by molar-refractivity contribution is 5.34. The summed E-state index contributed by atoms with van der Waals surface area (Å²) in [4.78, 5) is 2.56. The van der Waals surface area contributed by atoms with Crippen LogP contribution in [-0.2, 0) is 0 Å². The Balaban J connectivity index is 3.06. The van der Waals surface area contributed by atoms with E-state index in [2.05, 4.69) is 60.3 Å².